The molecule has 1 amide bonds. The van der Waals surface area contributed by atoms with Gasteiger partial charge in [-0.2, -0.15) is 5.10 Å². The van der Waals surface area contributed by atoms with Crippen LogP contribution in [-0.2, 0) is 5.54 Å². The predicted molar refractivity (Wildman–Crippen MR) is 102 cm³/mol. The number of nitrogens with one attached hydrogen (secondary N) is 1. The Morgan fingerprint density at radius 2 is 2.04 bits per heavy atom. The summed E-state index contributed by atoms with van der Waals surface area (Å²) in [5.74, 6) is 0.962. The number of carbonyl (C=O) groups is 1. The Bertz CT molecular complexity index is 855. The first-order valence-corrected chi connectivity index (χ1v) is 9.71. The largest absolute Gasteiger partial charge is 0.348 e. The van der Waals surface area contributed by atoms with Gasteiger partial charge in [-0.25, -0.2) is 9.67 Å². The number of hydrogen-bond donors (Lipinski definition) is 2. The zero-order valence-corrected chi connectivity index (χ0v) is 16.2. The maximum absolute atomic E-state index is 13.1. The van der Waals surface area contributed by atoms with Crippen molar-refractivity contribution in [3.8, 4) is 0 Å². The van der Waals surface area contributed by atoms with Gasteiger partial charge in [-0.1, -0.05) is 0 Å². The zero-order valence-electron chi connectivity index (χ0n) is 16.2. The summed E-state index contributed by atoms with van der Waals surface area (Å²) in [6.07, 6.45) is 4.61. The van der Waals surface area contributed by atoms with E-state index >= 15 is 0 Å². The minimum absolute atomic E-state index is 0.0433. The molecule has 2 saturated carbocycles. The van der Waals surface area contributed by atoms with E-state index in [1.165, 1.54) is 0 Å². The molecule has 2 aromatic rings. The Morgan fingerprint density at radius 3 is 2.58 bits per heavy atom. The van der Waals surface area contributed by atoms with E-state index in [1.807, 2.05) is 17.7 Å². The van der Waals surface area contributed by atoms with E-state index in [0.717, 1.165) is 48.1 Å². The minimum Gasteiger partial charge on any atom is -0.348 e. The highest BCUT2D eigenvalue weighted by Crippen LogP contribution is 2.41. The second-order valence-electron chi connectivity index (χ2n) is 8.89. The summed E-state index contributed by atoms with van der Waals surface area (Å²) in [5.41, 5.74) is 9.08. The van der Waals surface area contributed by atoms with Crippen LogP contribution in [0.2, 0.25) is 0 Å². The normalized spacial score (nSPS) is 19.0. The zero-order chi connectivity index (χ0) is 18.6. The van der Waals surface area contributed by atoms with Gasteiger partial charge in [0.2, 0.25) is 0 Å². The van der Waals surface area contributed by atoms with Crippen molar-refractivity contribution in [2.75, 3.05) is 6.54 Å². The molecule has 0 aliphatic heterocycles. The number of rotatable bonds is 5. The molecule has 0 saturated heterocycles. The van der Waals surface area contributed by atoms with Crippen molar-refractivity contribution in [2.24, 2.45) is 11.7 Å². The van der Waals surface area contributed by atoms with Gasteiger partial charge in [0, 0.05) is 24.2 Å². The molecule has 1 unspecified atom stereocenters. The fourth-order valence-electron chi connectivity index (χ4n) is 3.66. The first kappa shape index (κ1) is 17.5. The van der Waals surface area contributed by atoms with Crippen LogP contribution in [0.4, 0.5) is 0 Å². The molecule has 6 nitrogen and oxygen atoms in total. The molecule has 2 aliphatic rings. The lowest BCUT2D eigenvalue weighted by Crippen LogP contribution is -2.41. The number of aromatic nitrogens is 3. The van der Waals surface area contributed by atoms with E-state index in [4.69, 9.17) is 15.8 Å². The van der Waals surface area contributed by atoms with Gasteiger partial charge in [-0.15, -0.1) is 0 Å². The number of hydrogen-bond acceptors (Lipinski definition) is 4. The van der Waals surface area contributed by atoms with Crippen molar-refractivity contribution in [3.63, 3.8) is 0 Å². The molecule has 4 rings (SSSR count). The number of nitrogens with zero attached hydrogens (tertiary/aromatic N) is 3. The first-order valence-electron chi connectivity index (χ1n) is 9.71. The molecule has 0 spiro atoms. The van der Waals surface area contributed by atoms with Crippen LogP contribution in [0, 0.1) is 12.8 Å². The predicted octanol–water partition coefficient (Wildman–Crippen LogP) is 2.84. The summed E-state index contributed by atoms with van der Waals surface area (Å²) in [4.78, 5) is 18.0. The highest BCUT2D eigenvalue weighted by Gasteiger charge is 2.34. The second kappa shape index (κ2) is 6.05. The lowest BCUT2D eigenvalue weighted by molar-refractivity contribution is 0.0935. The Kier molecular flexibility index (Phi) is 4.06. The maximum atomic E-state index is 13.1. The van der Waals surface area contributed by atoms with Crippen LogP contribution in [0.5, 0.6) is 0 Å². The van der Waals surface area contributed by atoms with E-state index in [1.54, 1.807) is 0 Å². The van der Waals surface area contributed by atoms with Gasteiger partial charge in [0.05, 0.1) is 22.2 Å². The van der Waals surface area contributed by atoms with Gasteiger partial charge in [0.15, 0.2) is 5.65 Å². The number of carbonyl (C=O) groups excluding carboxylic acids is 1. The molecule has 0 aromatic carbocycles. The smallest absolute Gasteiger partial charge is 0.252 e. The lowest BCUT2D eigenvalue weighted by atomic mass is 10.0. The molecule has 6 heteroatoms. The monoisotopic (exact) mass is 355 g/mol. The van der Waals surface area contributed by atoms with E-state index < -0.39 is 0 Å². The van der Waals surface area contributed by atoms with Crippen molar-refractivity contribution in [2.45, 2.75) is 70.9 Å². The standard InChI is InChI=1S/C20H29N5O/c1-11-17-14(19(26)23-16(10-21)13-7-8-13)9-15(12-5-6-12)22-18(17)25(24-11)20(2,3)4/h9,12-13,16H,5-8,10,21H2,1-4H3,(H,23,26). The number of aryl methyl sites for hydroxylation is 1. The van der Waals surface area contributed by atoms with Gasteiger partial charge < -0.3 is 11.1 Å². The Balaban J connectivity index is 1.82. The van der Waals surface area contributed by atoms with Crippen molar-refractivity contribution in [1.82, 2.24) is 20.1 Å². The fraction of sp³-hybridized carbons (Fsp3) is 0.650. The molecule has 2 heterocycles. The molecule has 0 bridgehead atoms. The molecule has 2 fully saturated rings. The van der Waals surface area contributed by atoms with Crippen LogP contribution in [0.15, 0.2) is 6.07 Å². The Morgan fingerprint density at radius 1 is 1.35 bits per heavy atom. The maximum Gasteiger partial charge on any atom is 0.252 e. The quantitative estimate of drug-likeness (QED) is 0.863. The molecule has 26 heavy (non-hydrogen) atoms. The minimum atomic E-state index is -0.191. The van der Waals surface area contributed by atoms with Crippen LogP contribution >= 0.6 is 0 Å². The molecule has 140 valence electrons. The third-order valence-electron chi connectivity index (χ3n) is 5.47. The second-order valence-corrected chi connectivity index (χ2v) is 8.89. The summed E-state index contributed by atoms with van der Waals surface area (Å²) in [5, 5.41) is 8.76. The van der Waals surface area contributed by atoms with Crippen LogP contribution in [0.1, 0.15) is 74.1 Å². The fourth-order valence-corrected chi connectivity index (χ4v) is 3.66. The highest BCUT2D eigenvalue weighted by molar-refractivity contribution is 6.06. The number of nitrogens with two attached hydrogens (primary N) is 1. The van der Waals surface area contributed by atoms with E-state index in [-0.39, 0.29) is 17.5 Å². The average Bonchev–Trinajstić information content (AvgIpc) is 3.48. The van der Waals surface area contributed by atoms with Crippen LogP contribution < -0.4 is 11.1 Å². The average molecular weight is 355 g/mol. The number of pyridine rings is 1. The molecule has 1 atom stereocenters. The molecular weight excluding hydrogens is 326 g/mol. The summed E-state index contributed by atoms with van der Waals surface area (Å²) >= 11 is 0. The van der Waals surface area contributed by atoms with Gasteiger partial charge in [0.25, 0.3) is 5.91 Å². The van der Waals surface area contributed by atoms with Gasteiger partial charge in [0.1, 0.15) is 0 Å². The van der Waals surface area contributed by atoms with Crippen molar-refractivity contribution >= 4 is 16.9 Å². The summed E-state index contributed by atoms with van der Waals surface area (Å²) in [7, 11) is 0. The van der Waals surface area contributed by atoms with E-state index in [9.17, 15) is 4.79 Å². The van der Waals surface area contributed by atoms with Crippen molar-refractivity contribution < 1.29 is 4.79 Å². The number of amides is 1. The van der Waals surface area contributed by atoms with Crippen LogP contribution in [-0.4, -0.2) is 33.3 Å². The molecule has 0 radical (unpaired) electrons. The molecule has 2 aromatic heterocycles. The van der Waals surface area contributed by atoms with Crippen LogP contribution in [0.25, 0.3) is 11.0 Å². The summed E-state index contributed by atoms with van der Waals surface area (Å²) < 4.78 is 1.96. The molecule has 3 N–H and O–H groups in total. The van der Waals surface area contributed by atoms with Gasteiger partial charge in [-0.05, 0) is 65.4 Å². The SMILES string of the molecule is Cc1nn(C(C)(C)C)c2nc(C3CC3)cc(C(=O)NC(CN)C3CC3)c12. The highest BCUT2D eigenvalue weighted by atomic mass is 16.1. The third-order valence-corrected chi connectivity index (χ3v) is 5.47. The molecule has 2 aliphatic carbocycles. The van der Waals surface area contributed by atoms with E-state index in [2.05, 4.69) is 26.1 Å². The molecular formula is C20H29N5O. The third kappa shape index (κ3) is 3.11. The summed E-state index contributed by atoms with van der Waals surface area (Å²) in [6.45, 7) is 8.78. The Labute approximate surface area is 154 Å². The van der Waals surface area contributed by atoms with Crippen molar-refractivity contribution in [1.29, 1.82) is 0 Å². The van der Waals surface area contributed by atoms with E-state index in [0.29, 0.717) is 23.9 Å². The lowest BCUT2D eigenvalue weighted by Gasteiger charge is -2.20. The number of fused-ring (bicyclic) bond motifs is 1. The Hall–Kier alpha value is -1.95. The van der Waals surface area contributed by atoms with Crippen molar-refractivity contribution in [3.05, 3.63) is 23.0 Å². The summed E-state index contributed by atoms with van der Waals surface area (Å²) in [6, 6.07) is 2.05. The topological polar surface area (TPSA) is 85.8 Å². The van der Waals surface area contributed by atoms with Gasteiger partial charge in [-0.3, -0.25) is 4.79 Å². The van der Waals surface area contributed by atoms with Gasteiger partial charge >= 0.3 is 0 Å². The first-order chi connectivity index (χ1) is 12.3. The van der Waals surface area contributed by atoms with Crippen LogP contribution in [0.3, 0.4) is 0 Å².